The smallest absolute Gasteiger partial charge is 0.257 e. The van der Waals surface area contributed by atoms with Gasteiger partial charge in [-0.2, -0.15) is 4.98 Å². The van der Waals surface area contributed by atoms with Crippen LogP contribution in [0.4, 0.5) is 0 Å². The molecule has 5 nitrogen and oxygen atoms in total. The highest BCUT2D eigenvalue weighted by Gasteiger charge is 2.40. The zero-order valence-electron chi connectivity index (χ0n) is 15.7. The first-order valence-corrected chi connectivity index (χ1v) is 9.55. The van der Waals surface area contributed by atoms with E-state index in [0.29, 0.717) is 12.3 Å². The number of hydrogen-bond donors (Lipinski definition) is 0. The molecule has 5 heteroatoms. The van der Waals surface area contributed by atoms with Gasteiger partial charge in [-0.3, -0.25) is 4.79 Å². The summed E-state index contributed by atoms with van der Waals surface area (Å²) in [5.74, 6) is 1.66. The van der Waals surface area contributed by atoms with Gasteiger partial charge in [-0.05, 0) is 48.8 Å². The van der Waals surface area contributed by atoms with Crippen molar-refractivity contribution in [2.45, 2.75) is 64.9 Å². The zero-order chi connectivity index (χ0) is 18.3. The van der Waals surface area contributed by atoms with Crippen LogP contribution >= 0.6 is 0 Å². The molecule has 1 saturated heterocycles. The highest BCUT2D eigenvalue weighted by molar-refractivity contribution is 5.98. The molecule has 0 saturated carbocycles. The second-order valence-electron chi connectivity index (χ2n) is 8.51. The molecule has 4 rings (SSSR count). The van der Waals surface area contributed by atoms with Crippen LogP contribution in [0.25, 0.3) is 11.5 Å². The number of rotatable bonds is 2. The van der Waals surface area contributed by atoms with Crippen LogP contribution in [0.1, 0.15) is 74.1 Å². The standard InChI is InChI=1S/C21H26N2O3/c1-21(2,3)18-16(10-11-25-18)19-22-20(26-23-19)14-8-9-15-13(12-14)6-4-5-7-17(15)24/h8-9,12,16,18H,4-7,10-11H2,1-3H3/t16-,18-/m0/s1. The Hall–Kier alpha value is -2.01. The number of fused-ring (bicyclic) bond motifs is 1. The maximum atomic E-state index is 12.2. The number of ketones is 1. The van der Waals surface area contributed by atoms with E-state index < -0.39 is 0 Å². The lowest BCUT2D eigenvalue weighted by Gasteiger charge is -2.29. The summed E-state index contributed by atoms with van der Waals surface area (Å²) in [5.41, 5.74) is 2.87. The number of hydrogen-bond acceptors (Lipinski definition) is 5. The summed E-state index contributed by atoms with van der Waals surface area (Å²) in [5, 5.41) is 4.25. The van der Waals surface area contributed by atoms with Crippen LogP contribution in [0, 0.1) is 5.41 Å². The maximum absolute atomic E-state index is 12.2. The number of Topliss-reactive ketones (excluding diaryl/α,β-unsaturated/α-hetero) is 1. The highest BCUT2D eigenvalue weighted by atomic mass is 16.5. The number of ether oxygens (including phenoxy) is 1. The number of aromatic nitrogens is 2. The average Bonchev–Trinajstić information content (AvgIpc) is 3.23. The van der Waals surface area contributed by atoms with Gasteiger partial charge in [-0.1, -0.05) is 32.0 Å². The number of nitrogens with zero attached hydrogens (tertiary/aromatic N) is 2. The van der Waals surface area contributed by atoms with Gasteiger partial charge in [0.1, 0.15) is 0 Å². The molecule has 1 aliphatic carbocycles. The number of carbonyl (C=O) groups excluding carboxylic acids is 1. The van der Waals surface area contributed by atoms with Gasteiger partial charge in [-0.15, -0.1) is 0 Å². The fourth-order valence-corrected chi connectivity index (χ4v) is 4.15. The molecule has 2 aliphatic rings. The minimum atomic E-state index is 0.0341. The third-order valence-corrected chi connectivity index (χ3v) is 5.47. The maximum Gasteiger partial charge on any atom is 0.257 e. The molecule has 1 aromatic heterocycles. The molecule has 1 aliphatic heterocycles. The van der Waals surface area contributed by atoms with Gasteiger partial charge >= 0.3 is 0 Å². The number of aryl methyl sites for hydroxylation is 1. The van der Waals surface area contributed by atoms with Crippen molar-refractivity contribution in [3.8, 4) is 11.5 Å². The first-order chi connectivity index (χ1) is 12.4. The van der Waals surface area contributed by atoms with Crippen molar-refractivity contribution in [3.63, 3.8) is 0 Å². The van der Waals surface area contributed by atoms with Crippen LogP contribution in [-0.2, 0) is 11.2 Å². The Morgan fingerprint density at radius 2 is 1.96 bits per heavy atom. The molecule has 0 bridgehead atoms. The molecule has 0 unspecified atom stereocenters. The monoisotopic (exact) mass is 354 g/mol. The molecule has 0 spiro atoms. The second-order valence-corrected chi connectivity index (χ2v) is 8.51. The summed E-state index contributed by atoms with van der Waals surface area (Å²) >= 11 is 0. The fraction of sp³-hybridized carbons (Fsp3) is 0.571. The molecule has 26 heavy (non-hydrogen) atoms. The second kappa shape index (κ2) is 6.62. The predicted molar refractivity (Wildman–Crippen MR) is 98.2 cm³/mol. The van der Waals surface area contributed by atoms with E-state index in [4.69, 9.17) is 9.26 Å². The minimum absolute atomic E-state index is 0.0341. The molecule has 0 amide bonds. The van der Waals surface area contributed by atoms with E-state index in [2.05, 4.69) is 30.9 Å². The van der Waals surface area contributed by atoms with Crippen molar-refractivity contribution < 1.29 is 14.1 Å². The predicted octanol–water partition coefficient (Wildman–Crippen LogP) is 4.56. The first-order valence-electron chi connectivity index (χ1n) is 9.55. The molecule has 0 N–H and O–H groups in total. The molecule has 0 radical (unpaired) electrons. The fourth-order valence-electron chi connectivity index (χ4n) is 4.15. The number of benzene rings is 1. The zero-order valence-corrected chi connectivity index (χ0v) is 15.7. The Kier molecular flexibility index (Phi) is 4.43. The SMILES string of the molecule is CC(C)(C)[C@H]1OCC[C@@H]1c1noc(-c2ccc3c(c2)CCCCC3=O)n1. The van der Waals surface area contributed by atoms with Crippen molar-refractivity contribution in [2.24, 2.45) is 5.41 Å². The van der Waals surface area contributed by atoms with Gasteiger partial charge in [-0.25, -0.2) is 0 Å². The van der Waals surface area contributed by atoms with E-state index in [-0.39, 0.29) is 23.2 Å². The van der Waals surface area contributed by atoms with Crippen molar-refractivity contribution in [3.05, 3.63) is 35.2 Å². The molecule has 1 aromatic carbocycles. The first kappa shape index (κ1) is 17.4. The third kappa shape index (κ3) is 3.20. The molecule has 138 valence electrons. The Morgan fingerprint density at radius 1 is 1.15 bits per heavy atom. The van der Waals surface area contributed by atoms with Crippen molar-refractivity contribution >= 4 is 5.78 Å². The Bertz CT molecular complexity index is 819. The van der Waals surface area contributed by atoms with Gasteiger partial charge in [0, 0.05) is 24.2 Å². The van der Waals surface area contributed by atoms with Crippen LogP contribution in [0.3, 0.4) is 0 Å². The largest absolute Gasteiger partial charge is 0.377 e. The van der Waals surface area contributed by atoms with Gasteiger partial charge in [0.15, 0.2) is 11.6 Å². The van der Waals surface area contributed by atoms with Gasteiger partial charge in [0.25, 0.3) is 5.89 Å². The number of carbonyl (C=O) groups is 1. The Labute approximate surface area is 154 Å². The van der Waals surface area contributed by atoms with E-state index in [9.17, 15) is 4.79 Å². The molecule has 2 aromatic rings. The molecular weight excluding hydrogens is 328 g/mol. The van der Waals surface area contributed by atoms with Crippen LogP contribution in [0.5, 0.6) is 0 Å². The van der Waals surface area contributed by atoms with E-state index in [0.717, 1.165) is 54.8 Å². The van der Waals surface area contributed by atoms with Crippen LogP contribution in [0.15, 0.2) is 22.7 Å². The summed E-state index contributed by atoms with van der Waals surface area (Å²) in [6.07, 6.45) is 4.59. The van der Waals surface area contributed by atoms with Crippen LogP contribution in [0.2, 0.25) is 0 Å². The summed E-state index contributed by atoms with van der Waals surface area (Å²) in [7, 11) is 0. The van der Waals surface area contributed by atoms with E-state index in [1.165, 1.54) is 0 Å². The van der Waals surface area contributed by atoms with Crippen molar-refractivity contribution in [1.29, 1.82) is 0 Å². The van der Waals surface area contributed by atoms with Gasteiger partial charge in [0.05, 0.1) is 12.0 Å². The van der Waals surface area contributed by atoms with Crippen LogP contribution in [-0.4, -0.2) is 28.6 Å². The van der Waals surface area contributed by atoms with Crippen molar-refractivity contribution in [2.75, 3.05) is 6.61 Å². The summed E-state index contributed by atoms with van der Waals surface area (Å²) < 4.78 is 11.5. The quantitative estimate of drug-likeness (QED) is 0.740. The lowest BCUT2D eigenvalue weighted by molar-refractivity contribution is 0.0193. The summed E-state index contributed by atoms with van der Waals surface area (Å²) in [4.78, 5) is 16.9. The van der Waals surface area contributed by atoms with Crippen LogP contribution < -0.4 is 0 Å². The van der Waals surface area contributed by atoms with E-state index in [1.54, 1.807) is 0 Å². The summed E-state index contributed by atoms with van der Waals surface area (Å²) in [6, 6.07) is 5.88. The lowest BCUT2D eigenvalue weighted by Crippen LogP contribution is -2.30. The average molecular weight is 354 g/mol. The molecular formula is C21H26N2O3. The Morgan fingerprint density at radius 3 is 2.77 bits per heavy atom. The topological polar surface area (TPSA) is 65.2 Å². The molecule has 1 fully saturated rings. The van der Waals surface area contributed by atoms with Crippen molar-refractivity contribution in [1.82, 2.24) is 10.1 Å². The van der Waals surface area contributed by atoms with E-state index >= 15 is 0 Å². The minimum Gasteiger partial charge on any atom is -0.377 e. The van der Waals surface area contributed by atoms with E-state index in [1.807, 2.05) is 18.2 Å². The Balaban J connectivity index is 1.63. The summed E-state index contributed by atoms with van der Waals surface area (Å²) in [6.45, 7) is 7.28. The molecule has 2 atom stereocenters. The highest BCUT2D eigenvalue weighted by Crippen LogP contribution is 2.40. The van der Waals surface area contributed by atoms with Gasteiger partial charge < -0.3 is 9.26 Å². The normalized spacial score (nSPS) is 23.7. The third-order valence-electron chi connectivity index (χ3n) is 5.47. The molecule has 2 heterocycles. The van der Waals surface area contributed by atoms with Gasteiger partial charge in [0.2, 0.25) is 0 Å². The lowest BCUT2D eigenvalue weighted by atomic mass is 9.81.